The number of esters is 1. The fourth-order valence-corrected chi connectivity index (χ4v) is 1.64. The highest BCUT2D eigenvalue weighted by Crippen LogP contribution is 2.16. The van der Waals surface area contributed by atoms with Gasteiger partial charge in [-0.3, -0.25) is 4.79 Å². The first kappa shape index (κ1) is 13.7. The maximum absolute atomic E-state index is 11.7. The molecule has 1 unspecified atom stereocenters. The van der Waals surface area contributed by atoms with E-state index in [1.54, 1.807) is 0 Å². The fourth-order valence-electron chi connectivity index (χ4n) is 1.64. The number of nitrogens with two attached hydrogens (primary N) is 1. The van der Waals surface area contributed by atoms with Crippen molar-refractivity contribution in [1.82, 2.24) is 5.32 Å². The summed E-state index contributed by atoms with van der Waals surface area (Å²) in [5, 5.41) is 3.22. The Hall–Kier alpha value is -1.39. The Kier molecular flexibility index (Phi) is 6.29. The number of methoxy groups -OCH3 is 1. The van der Waals surface area contributed by atoms with Gasteiger partial charge in [0.15, 0.2) is 0 Å². The predicted octanol–water partition coefficient (Wildman–Crippen LogP) is 0.882. The number of benzene rings is 1. The average Bonchev–Trinajstić information content (AvgIpc) is 2.39. The maximum atomic E-state index is 11.7. The van der Waals surface area contributed by atoms with Gasteiger partial charge < -0.3 is 15.8 Å². The second-order valence-corrected chi connectivity index (χ2v) is 3.83. The summed E-state index contributed by atoms with van der Waals surface area (Å²) < 4.78 is 4.82. The highest BCUT2D eigenvalue weighted by molar-refractivity contribution is 5.78. The number of rotatable bonds is 7. The van der Waals surface area contributed by atoms with Gasteiger partial charge in [-0.25, -0.2) is 0 Å². The minimum absolute atomic E-state index is 0.212. The molecule has 3 N–H and O–H groups in total. The summed E-state index contributed by atoms with van der Waals surface area (Å²) in [5.74, 6) is -0.463. The van der Waals surface area contributed by atoms with Crippen LogP contribution in [0.2, 0.25) is 0 Å². The molecular formula is C13H20N2O2. The molecule has 0 aliphatic carbocycles. The topological polar surface area (TPSA) is 64.3 Å². The van der Waals surface area contributed by atoms with Crippen LogP contribution in [0.15, 0.2) is 30.3 Å². The lowest BCUT2D eigenvalue weighted by Crippen LogP contribution is -2.29. The van der Waals surface area contributed by atoms with Crippen LogP contribution in [0.4, 0.5) is 0 Å². The molecule has 1 aromatic rings. The van der Waals surface area contributed by atoms with Crippen LogP contribution in [-0.2, 0) is 9.53 Å². The lowest BCUT2D eigenvalue weighted by molar-refractivity contribution is -0.142. The van der Waals surface area contributed by atoms with E-state index in [9.17, 15) is 4.79 Å². The van der Waals surface area contributed by atoms with Crippen LogP contribution in [0.5, 0.6) is 0 Å². The first-order valence-corrected chi connectivity index (χ1v) is 5.83. The van der Waals surface area contributed by atoms with Gasteiger partial charge in [-0.2, -0.15) is 0 Å². The van der Waals surface area contributed by atoms with Crippen molar-refractivity contribution < 1.29 is 9.53 Å². The van der Waals surface area contributed by atoms with Gasteiger partial charge in [0, 0.05) is 6.54 Å². The van der Waals surface area contributed by atoms with Gasteiger partial charge in [-0.15, -0.1) is 0 Å². The Labute approximate surface area is 102 Å². The van der Waals surface area contributed by atoms with Crippen molar-refractivity contribution in [3.8, 4) is 0 Å². The lowest BCUT2D eigenvalue weighted by Gasteiger charge is -2.15. The van der Waals surface area contributed by atoms with E-state index in [1.165, 1.54) is 7.11 Å². The normalized spacial score (nSPS) is 12.1. The quantitative estimate of drug-likeness (QED) is 0.545. The van der Waals surface area contributed by atoms with E-state index in [0.29, 0.717) is 13.1 Å². The summed E-state index contributed by atoms with van der Waals surface area (Å²) in [7, 11) is 1.41. The molecule has 0 aromatic heterocycles. The molecule has 0 saturated carbocycles. The fraction of sp³-hybridized carbons (Fsp3) is 0.462. The largest absolute Gasteiger partial charge is 0.469 e. The third kappa shape index (κ3) is 4.54. The van der Waals surface area contributed by atoms with Crippen molar-refractivity contribution in [2.45, 2.75) is 12.3 Å². The Morgan fingerprint density at radius 2 is 2.12 bits per heavy atom. The summed E-state index contributed by atoms with van der Waals surface area (Å²) in [6, 6.07) is 9.65. The first-order chi connectivity index (χ1) is 8.29. The number of carbonyl (C=O) groups excluding carboxylic acids is 1. The molecule has 0 heterocycles. The predicted molar refractivity (Wildman–Crippen MR) is 67.7 cm³/mol. The van der Waals surface area contributed by atoms with Crippen molar-refractivity contribution in [3.63, 3.8) is 0 Å². The SMILES string of the molecule is COC(=O)C(CNCCCN)c1ccccc1. The molecule has 1 atom stereocenters. The molecule has 0 bridgehead atoms. The van der Waals surface area contributed by atoms with Gasteiger partial charge in [0.2, 0.25) is 0 Å². The average molecular weight is 236 g/mol. The summed E-state index contributed by atoms with van der Waals surface area (Å²) in [5.41, 5.74) is 6.38. The Balaban J connectivity index is 2.59. The number of hydrogen-bond donors (Lipinski definition) is 2. The van der Waals surface area contributed by atoms with Crippen LogP contribution in [0.3, 0.4) is 0 Å². The van der Waals surface area contributed by atoms with E-state index in [-0.39, 0.29) is 11.9 Å². The minimum atomic E-state index is -0.251. The van der Waals surface area contributed by atoms with E-state index >= 15 is 0 Å². The summed E-state index contributed by atoms with van der Waals surface area (Å²) in [6.45, 7) is 2.05. The third-order valence-corrected chi connectivity index (χ3v) is 2.59. The number of nitrogens with one attached hydrogen (secondary N) is 1. The van der Waals surface area contributed by atoms with Gasteiger partial charge in [0.05, 0.1) is 13.0 Å². The molecule has 0 radical (unpaired) electrons. The molecule has 0 fully saturated rings. The molecule has 0 aliphatic heterocycles. The highest BCUT2D eigenvalue weighted by Gasteiger charge is 2.20. The molecule has 0 spiro atoms. The first-order valence-electron chi connectivity index (χ1n) is 5.83. The zero-order chi connectivity index (χ0) is 12.5. The lowest BCUT2D eigenvalue weighted by atomic mass is 9.99. The van der Waals surface area contributed by atoms with Crippen LogP contribution in [-0.4, -0.2) is 32.7 Å². The van der Waals surface area contributed by atoms with Crippen molar-refractivity contribution in [2.24, 2.45) is 5.73 Å². The number of carbonyl (C=O) groups is 1. The summed E-state index contributed by atoms with van der Waals surface area (Å²) >= 11 is 0. The zero-order valence-corrected chi connectivity index (χ0v) is 10.2. The van der Waals surface area contributed by atoms with Crippen molar-refractivity contribution in [3.05, 3.63) is 35.9 Å². The molecule has 1 aromatic carbocycles. The molecule has 0 saturated heterocycles. The van der Waals surface area contributed by atoms with Gasteiger partial charge in [-0.1, -0.05) is 30.3 Å². The van der Waals surface area contributed by atoms with Crippen LogP contribution >= 0.6 is 0 Å². The van der Waals surface area contributed by atoms with E-state index in [0.717, 1.165) is 18.5 Å². The minimum Gasteiger partial charge on any atom is -0.469 e. The van der Waals surface area contributed by atoms with E-state index in [4.69, 9.17) is 10.5 Å². The highest BCUT2D eigenvalue weighted by atomic mass is 16.5. The van der Waals surface area contributed by atoms with E-state index in [1.807, 2.05) is 30.3 Å². The summed E-state index contributed by atoms with van der Waals surface area (Å²) in [6.07, 6.45) is 0.905. The monoisotopic (exact) mass is 236 g/mol. The zero-order valence-electron chi connectivity index (χ0n) is 10.2. The van der Waals surface area contributed by atoms with Crippen molar-refractivity contribution >= 4 is 5.97 Å². The molecule has 4 nitrogen and oxygen atoms in total. The standard InChI is InChI=1S/C13H20N2O2/c1-17-13(16)12(10-15-9-5-8-14)11-6-3-2-4-7-11/h2-4,6-7,12,15H,5,8-10,14H2,1H3. The van der Waals surface area contributed by atoms with Crippen LogP contribution < -0.4 is 11.1 Å². The number of ether oxygens (including phenoxy) is 1. The van der Waals surface area contributed by atoms with Gasteiger partial charge in [0.25, 0.3) is 0 Å². The molecule has 0 aliphatic rings. The van der Waals surface area contributed by atoms with E-state index in [2.05, 4.69) is 5.32 Å². The molecule has 94 valence electrons. The van der Waals surface area contributed by atoms with Gasteiger partial charge >= 0.3 is 5.97 Å². The second kappa shape index (κ2) is 7.81. The third-order valence-electron chi connectivity index (χ3n) is 2.59. The van der Waals surface area contributed by atoms with Crippen LogP contribution in [0.25, 0.3) is 0 Å². The Morgan fingerprint density at radius 1 is 1.41 bits per heavy atom. The summed E-state index contributed by atoms with van der Waals surface area (Å²) in [4.78, 5) is 11.7. The maximum Gasteiger partial charge on any atom is 0.314 e. The molecule has 1 rings (SSSR count). The molecule has 0 amide bonds. The second-order valence-electron chi connectivity index (χ2n) is 3.83. The van der Waals surface area contributed by atoms with Gasteiger partial charge in [0.1, 0.15) is 0 Å². The molecule has 4 heteroatoms. The van der Waals surface area contributed by atoms with Crippen molar-refractivity contribution in [2.75, 3.05) is 26.7 Å². The van der Waals surface area contributed by atoms with Crippen LogP contribution in [0, 0.1) is 0 Å². The Bertz CT molecular complexity index is 327. The van der Waals surface area contributed by atoms with Gasteiger partial charge in [-0.05, 0) is 25.1 Å². The molecular weight excluding hydrogens is 216 g/mol. The van der Waals surface area contributed by atoms with Crippen LogP contribution in [0.1, 0.15) is 17.9 Å². The smallest absolute Gasteiger partial charge is 0.314 e. The number of hydrogen-bond acceptors (Lipinski definition) is 4. The van der Waals surface area contributed by atoms with E-state index < -0.39 is 0 Å². The molecule has 17 heavy (non-hydrogen) atoms. The Morgan fingerprint density at radius 3 is 2.71 bits per heavy atom. The van der Waals surface area contributed by atoms with Crippen molar-refractivity contribution in [1.29, 1.82) is 0 Å².